The van der Waals surface area contributed by atoms with Gasteiger partial charge in [0, 0.05) is 15.2 Å². The highest BCUT2D eigenvalue weighted by molar-refractivity contribution is 14.1. The van der Waals surface area contributed by atoms with Crippen LogP contribution in [0.2, 0.25) is 0 Å². The summed E-state index contributed by atoms with van der Waals surface area (Å²) in [5, 5.41) is 17.3. The van der Waals surface area contributed by atoms with Gasteiger partial charge in [0.2, 0.25) is 0 Å². The summed E-state index contributed by atoms with van der Waals surface area (Å²) < 4.78 is 6.69. The minimum absolute atomic E-state index is 0.0265. The molecule has 0 aliphatic rings. The predicted octanol–water partition coefficient (Wildman–Crippen LogP) is 3.98. The fourth-order valence-electron chi connectivity index (χ4n) is 1.47. The molecule has 1 heterocycles. The third-order valence-corrected chi connectivity index (χ3v) is 3.23. The van der Waals surface area contributed by atoms with Crippen molar-refractivity contribution < 1.29 is 4.42 Å². The first kappa shape index (κ1) is 12.4. The summed E-state index contributed by atoms with van der Waals surface area (Å²) in [4.78, 5) is 0. The lowest BCUT2D eigenvalue weighted by Crippen LogP contribution is -1.78. The zero-order valence-electron chi connectivity index (χ0n) is 9.22. The third kappa shape index (κ3) is 2.61. The van der Waals surface area contributed by atoms with Gasteiger partial charge in [0.1, 0.15) is 29.2 Å². The molecule has 0 spiro atoms. The Labute approximate surface area is 118 Å². The summed E-state index contributed by atoms with van der Waals surface area (Å²) in [5.74, 6) is 1.23. The molecule has 4 heteroatoms. The maximum Gasteiger partial charge on any atom is 0.135 e. The van der Waals surface area contributed by atoms with Crippen molar-refractivity contribution in [1.82, 2.24) is 0 Å². The molecule has 18 heavy (non-hydrogen) atoms. The first-order valence-electron chi connectivity index (χ1n) is 5.11. The topological polar surface area (TPSA) is 60.7 Å². The second-order valence-corrected chi connectivity index (χ2v) is 4.63. The van der Waals surface area contributed by atoms with Crippen LogP contribution in [-0.4, -0.2) is 0 Å². The number of benzene rings is 1. The fraction of sp³-hybridized carbons (Fsp3) is 0. The second kappa shape index (κ2) is 5.52. The summed E-state index contributed by atoms with van der Waals surface area (Å²) >= 11 is 2.23. The van der Waals surface area contributed by atoms with Crippen LogP contribution in [0, 0.1) is 26.2 Å². The first-order valence-corrected chi connectivity index (χ1v) is 6.19. The number of halogens is 1. The molecule has 0 unspecified atom stereocenters. The summed E-state index contributed by atoms with van der Waals surface area (Å²) in [6, 6.07) is 15.0. The SMILES string of the molecule is N#CC(C#N)=Cc1ccc(-c2ccccc2I)o1. The Balaban J connectivity index is 2.39. The van der Waals surface area contributed by atoms with Crippen LogP contribution in [0.4, 0.5) is 0 Å². The molecule has 1 aromatic carbocycles. The molecular weight excluding hydrogens is 339 g/mol. The molecule has 0 N–H and O–H groups in total. The van der Waals surface area contributed by atoms with E-state index < -0.39 is 0 Å². The molecule has 0 aliphatic heterocycles. The smallest absolute Gasteiger partial charge is 0.135 e. The number of rotatable bonds is 2. The van der Waals surface area contributed by atoms with Crippen LogP contribution in [0.25, 0.3) is 17.4 Å². The molecule has 0 amide bonds. The van der Waals surface area contributed by atoms with E-state index in [2.05, 4.69) is 22.6 Å². The monoisotopic (exact) mass is 346 g/mol. The van der Waals surface area contributed by atoms with Crippen LogP contribution in [0.15, 0.2) is 46.4 Å². The van der Waals surface area contributed by atoms with E-state index >= 15 is 0 Å². The number of hydrogen-bond acceptors (Lipinski definition) is 3. The van der Waals surface area contributed by atoms with Gasteiger partial charge in [0.25, 0.3) is 0 Å². The van der Waals surface area contributed by atoms with E-state index in [9.17, 15) is 0 Å². The molecule has 0 saturated heterocycles. The molecule has 0 aliphatic carbocycles. The Morgan fingerprint density at radius 1 is 1.11 bits per heavy atom. The quantitative estimate of drug-likeness (QED) is 0.610. The van der Waals surface area contributed by atoms with Crippen LogP contribution in [-0.2, 0) is 0 Å². The molecule has 2 aromatic rings. The van der Waals surface area contributed by atoms with Crippen molar-refractivity contribution in [2.75, 3.05) is 0 Å². The van der Waals surface area contributed by atoms with Gasteiger partial charge in [-0.1, -0.05) is 18.2 Å². The number of allylic oxidation sites excluding steroid dienone is 1. The summed E-state index contributed by atoms with van der Waals surface area (Å²) in [6.45, 7) is 0. The maximum absolute atomic E-state index is 8.67. The average molecular weight is 346 g/mol. The predicted molar refractivity (Wildman–Crippen MR) is 76.1 cm³/mol. The van der Waals surface area contributed by atoms with Gasteiger partial charge in [-0.2, -0.15) is 10.5 Å². The Kier molecular flexibility index (Phi) is 3.81. The van der Waals surface area contributed by atoms with Crippen LogP contribution in [0.3, 0.4) is 0 Å². The largest absolute Gasteiger partial charge is 0.457 e. The van der Waals surface area contributed by atoms with Crippen molar-refractivity contribution in [1.29, 1.82) is 10.5 Å². The van der Waals surface area contributed by atoms with Gasteiger partial charge in [-0.3, -0.25) is 0 Å². The lowest BCUT2D eigenvalue weighted by molar-refractivity contribution is 0.571. The zero-order chi connectivity index (χ0) is 13.0. The molecule has 3 nitrogen and oxygen atoms in total. The molecule has 0 fully saturated rings. The van der Waals surface area contributed by atoms with Crippen molar-refractivity contribution in [2.45, 2.75) is 0 Å². The van der Waals surface area contributed by atoms with E-state index in [1.165, 1.54) is 6.08 Å². The maximum atomic E-state index is 8.67. The summed E-state index contributed by atoms with van der Waals surface area (Å²) in [7, 11) is 0. The Morgan fingerprint density at radius 3 is 2.50 bits per heavy atom. The fourth-order valence-corrected chi connectivity index (χ4v) is 2.12. The van der Waals surface area contributed by atoms with Crippen molar-refractivity contribution in [2.24, 2.45) is 0 Å². The van der Waals surface area contributed by atoms with Crippen LogP contribution in [0.5, 0.6) is 0 Å². The van der Waals surface area contributed by atoms with Crippen molar-refractivity contribution in [3.63, 3.8) is 0 Å². The molecule has 0 saturated carbocycles. The van der Waals surface area contributed by atoms with E-state index in [0.29, 0.717) is 5.76 Å². The first-order chi connectivity index (χ1) is 8.74. The highest BCUT2D eigenvalue weighted by atomic mass is 127. The molecule has 0 atom stereocenters. The van der Waals surface area contributed by atoms with Crippen LogP contribution < -0.4 is 0 Å². The van der Waals surface area contributed by atoms with Gasteiger partial charge in [-0.05, 0) is 40.8 Å². The lowest BCUT2D eigenvalue weighted by Gasteiger charge is -1.99. The lowest BCUT2D eigenvalue weighted by atomic mass is 10.2. The van der Waals surface area contributed by atoms with E-state index in [1.54, 1.807) is 18.2 Å². The van der Waals surface area contributed by atoms with Crippen LogP contribution >= 0.6 is 22.6 Å². The van der Waals surface area contributed by atoms with E-state index in [-0.39, 0.29) is 5.57 Å². The van der Waals surface area contributed by atoms with Gasteiger partial charge in [0.15, 0.2) is 0 Å². The number of furan rings is 1. The highest BCUT2D eigenvalue weighted by Crippen LogP contribution is 2.27. The number of nitrogens with zero attached hydrogens (tertiary/aromatic N) is 2. The molecular formula is C14H7IN2O. The summed E-state index contributed by atoms with van der Waals surface area (Å²) in [5.41, 5.74) is 1.02. The molecule has 86 valence electrons. The van der Waals surface area contributed by atoms with E-state index in [1.807, 2.05) is 30.3 Å². The van der Waals surface area contributed by atoms with E-state index in [4.69, 9.17) is 14.9 Å². The van der Waals surface area contributed by atoms with Gasteiger partial charge in [-0.15, -0.1) is 0 Å². The second-order valence-electron chi connectivity index (χ2n) is 3.46. The zero-order valence-corrected chi connectivity index (χ0v) is 11.4. The van der Waals surface area contributed by atoms with Gasteiger partial charge in [0.05, 0.1) is 0 Å². The minimum atomic E-state index is 0.0265. The van der Waals surface area contributed by atoms with Crippen molar-refractivity contribution in [3.8, 4) is 23.5 Å². The number of nitriles is 2. The molecule has 0 radical (unpaired) electrons. The van der Waals surface area contributed by atoms with E-state index in [0.717, 1.165) is 14.9 Å². The third-order valence-electron chi connectivity index (χ3n) is 2.29. The van der Waals surface area contributed by atoms with Crippen molar-refractivity contribution >= 4 is 28.7 Å². The Bertz CT molecular complexity index is 670. The average Bonchev–Trinajstić information content (AvgIpc) is 2.85. The normalized spacial score (nSPS) is 9.28. The molecule has 0 bridgehead atoms. The Morgan fingerprint density at radius 2 is 1.83 bits per heavy atom. The standard InChI is InChI=1S/C14H7IN2O/c15-13-4-2-1-3-12(13)14-6-5-11(18-14)7-10(8-16)9-17/h1-7H. The number of hydrogen-bond donors (Lipinski definition) is 0. The minimum Gasteiger partial charge on any atom is -0.457 e. The summed E-state index contributed by atoms with van der Waals surface area (Å²) in [6.07, 6.45) is 1.43. The van der Waals surface area contributed by atoms with Crippen LogP contribution in [0.1, 0.15) is 5.76 Å². The van der Waals surface area contributed by atoms with Gasteiger partial charge < -0.3 is 4.42 Å². The molecule has 2 rings (SSSR count). The Hall–Kier alpha value is -2.05. The van der Waals surface area contributed by atoms with Gasteiger partial charge in [-0.25, -0.2) is 0 Å². The van der Waals surface area contributed by atoms with Gasteiger partial charge >= 0.3 is 0 Å². The van der Waals surface area contributed by atoms with Crippen molar-refractivity contribution in [3.05, 3.63) is 51.3 Å². The molecule has 1 aromatic heterocycles. The highest BCUT2D eigenvalue weighted by Gasteiger charge is 2.07.